The third kappa shape index (κ3) is 8.98. The van der Waals surface area contributed by atoms with Gasteiger partial charge in [-0.05, 0) is 48.5 Å². The van der Waals surface area contributed by atoms with Gasteiger partial charge in [0.25, 0.3) is 5.91 Å². The summed E-state index contributed by atoms with van der Waals surface area (Å²) in [4.78, 5) is 21.1. The van der Waals surface area contributed by atoms with E-state index in [0.717, 1.165) is 29.0 Å². The van der Waals surface area contributed by atoms with Crippen LogP contribution in [0.3, 0.4) is 0 Å². The van der Waals surface area contributed by atoms with Crippen LogP contribution in [0.5, 0.6) is 23.0 Å². The molecule has 0 atom stereocenters. The number of hydrogen-bond acceptors (Lipinski definition) is 8. The van der Waals surface area contributed by atoms with E-state index in [-0.39, 0.29) is 0 Å². The molecular formula is C38H31F3N8O3. The van der Waals surface area contributed by atoms with Gasteiger partial charge in [-0.15, -0.1) is 0 Å². The zero-order valence-electron chi connectivity index (χ0n) is 27.8. The Morgan fingerprint density at radius 1 is 0.692 bits per heavy atom. The average molecular weight is 705 g/mol. The summed E-state index contributed by atoms with van der Waals surface area (Å²) in [5.74, 6) is 1.45. The van der Waals surface area contributed by atoms with Crippen molar-refractivity contribution in [2.45, 2.75) is 6.18 Å². The average Bonchev–Trinajstić information content (AvgIpc) is 3.77. The van der Waals surface area contributed by atoms with E-state index in [2.05, 4.69) is 25.5 Å². The molecule has 3 N–H and O–H groups in total. The standard InChI is InChI=1S/C23H17F3N4O2.C15H14N4O/c1-30-14-15(13-28-30)21-12-18(9-10-27-21)32-17-6-4-5-16(11-17)29-22(31)19-7-2-3-8-20(19)23(24,25)26;1-19-10-11(9-18-19)15-8-14(5-6-17-15)20-13-4-2-3-12(16)7-13/h2-14H,1H3,(H,29,31);2-10H,16H2,1H3. The number of rotatable bonds is 8. The molecule has 14 heteroatoms. The fourth-order valence-corrected chi connectivity index (χ4v) is 4.99. The number of ether oxygens (including phenoxy) is 2. The molecule has 0 radical (unpaired) electrons. The smallest absolute Gasteiger partial charge is 0.417 e. The first kappa shape index (κ1) is 34.9. The van der Waals surface area contributed by atoms with E-state index in [9.17, 15) is 18.0 Å². The Morgan fingerprint density at radius 2 is 1.23 bits per heavy atom. The Bertz CT molecular complexity index is 2320. The molecule has 4 aromatic heterocycles. The molecule has 0 aliphatic rings. The number of benzene rings is 3. The molecule has 0 aliphatic heterocycles. The Labute approximate surface area is 296 Å². The van der Waals surface area contributed by atoms with Gasteiger partial charge >= 0.3 is 6.18 Å². The number of nitrogens with one attached hydrogen (secondary N) is 1. The number of carbonyl (C=O) groups is 1. The molecule has 0 spiro atoms. The van der Waals surface area contributed by atoms with E-state index in [4.69, 9.17) is 15.2 Å². The number of alkyl halides is 3. The van der Waals surface area contributed by atoms with Gasteiger partial charge in [-0.2, -0.15) is 23.4 Å². The molecule has 4 heterocycles. The highest BCUT2D eigenvalue weighted by atomic mass is 19.4. The molecule has 0 saturated carbocycles. The highest BCUT2D eigenvalue weighted by molar-refractivity contribution is 6.05. The summed E-state index contributed by atoms with van der Waals surface area (Å²) in [6, 6.07) is 25.4. The quantitative estimate of drug-likeness (QED) is 0.151. The van der Waals surface area contributed by atoms with E-state index in [1.54, 1.807) is 77.6 Å². The molecule has 3 aromatic carbocycles. The monoisotopic (exact) mass is 704 g/mol. The first-order chi connectivity index (χ1) is 25.0. The molecule has 11 nitrogen and oxygen atoms in total. The fourth-order valence-electron chi connectivity index (χ4n) is 4.99. The van der Waals surface area contributed by atoms with Crippen LogP contribution in [0.4, 0.5) is 24.5 Å². The van der Waals surface area contributed by atoms with E-state index in [1.807, 2.05) is 49.8 Å². The van der Waals surface area contributed by atoms with E-state index >= 15 is 0 Å². The lowest BCUT2D eigenvalue weighted by atomic mass is 10.1. The van der Waals surface area contributed by atoms with E-state index in [0.29, 0.717) is 40.1 Å². The van der Waals surface area contributed by atoms with E-state index < -0.39 is 23.2 Å². The highest BCUT2D eigenvalue weighted by Crippen LogP contribution is 2.33. The van der Waals surface area contributed by atoms with Crippen molar-refractivity contribution in [3.63, 3.8) is 0 Å². The molecule has 0 fully saturated rings. The Kier molecular flexibility index (Phi) is 10.3. The van der Waals surface area contributed by atoms with Gasteiger partial charge in [0.05, 0.1) is 34.9 Å². The SMILES string of the molecule is Cn1cc(-c2cc(Oc3cccc(N)c3)ccn2)cn1.Cn1cc(-c2cc(Oc3cccc(NC(=O)c4ccccc4C(F)(F)F)c3)ccn2)cn1. The molecule has 0 unspecified atom stereocenters. The van der Waals surface area contributed by atoms with Crippen LogP contribution >= 0.6 is 0 Å². The molecule has 0 aliphatic carbocycles. The summed E-state index contributed by atoms with van der Waals surface area (Å²) in [6.45, 7) is 0. The predicted molar refractivity (Wildman–Crippen MR) is 190 cm³/mol. The normalized spacial score (nSPS) is 10.9. The maximum atomic E-state index is 13.2. The molecule has 1 amide bonds. The summed E-state index contributed by atoms with van der Waals surface area (Å²) < 4.78 is 54.6. The number of amides is 1. The van der Waals surface area contributed by atoms with Crippen molar-refractivity contribution in [3.05, 3.63) is 145 Å². The van der Waals surface area contributed by atoms with Gasteiger partial charge in [0.2, 0.25) is 0 Å². The molecule has 0 saturated heterocycles. The number of carbonyl (C=O) groups excluding carboxylic acids is 1. The number of aromatic nitrogens is 6. The lowest BCUT2D eigenvalue weighted by Gasteiger charge is -2.13. The zero-order valence-corrected chi connectivity index (χ0v) is 27.8. The van der Waals surface area contributed by atoms with Crippen molar-refractivity contribution < 1.29 is 27.4 Å². The van der Waals surface area contributed by atoms with Crippen molar-refractivity contribution in [2.24, 2.45) is 14.1 Å². The Morgan fingerprint density at radius 3 is 1.77 bits per heavy atom. The number of hydrogen-bond donors (Lipinski definition) is 2. The summed E-state index contributed by atoms with van der Waals surface area (Å²) in [6.07, 6.45) is 5.86. The number of aryl methyl sites for hydroxylation is 2. The van der Waals surface area contributed by atoms with Crippen LogP contribution in [-0.4, -0.2) is 35.4 Å². The first-order valence-electron chi connectivity index (χ1n) is 15.7. The zero-order chi connectivity index (χ0) is 36.7. The Hall–Kier alpha value is -6.96. The van der Waals surface area contributed by atoms with Crippen molar-refractivity contribution in [1.29, 1.82) is 0 Å². The van der Waals surface area contributed by atoms with Gasteiger partial charge in [0, 0.05) is 85.6 Å². The van der Waals surface area contributed by atoms with Crippen molar-refractivity contribution in [3.8, 4) is 45.5 Å². The minimum absolute atomic E-state index is 0.297. The van der Waals surface area contributed by atoms with Crippen LogP contribution in [-0.2, 0) is 20.3 Å². The van der Waals surface area contributed by atoms with Gasteiger partial charge in [-0.25, -0.2) is 0 Å². The molecule has 262 valence electrons. The maximum absolute atomic E-state index is 13.2. The second-order valence-corrected chi connectivity index (χ2v) is 11.4. The number of halogens is 3. The van der Waals surface area contributed by atoms with Crippen LogP contribution in [0.15, 0.2) is 134 Å². The lowest BCUT2D eigenvalue weighted by Crippen LogP contribution is -2.18. The summed E-state index contributed by atoms with van der Waals surface area (Å²) in [5, 5.41) is 10.7. The molecule has 0 bridgehead atoms. The van der Waals surface area contributed by atoms with Crippen LogP contribution in [0.25, 0.3) is 22.5 Å². The minimum atomic E-state index is -4.63. The second kappa shape index (κ2) is 15.3. The second-order valence-electron chi connectivity index (χ2n) is 11.4. The number of pyridine rings is 2. The van der Waals surface area contributed by atoms with Gasteiger partial charge in [0.1, 0.15) is 23.0 Å². The van der Waals surface area contributed by atoms with Crippen LogP contribution < -0.4 is 20.5 Å². The first-order valence-corrected chi connectivity index (χ1v) is 15.7. The van der Waals surface area contributed by atoms with Crippen molar-refractivity contribution in [1.82, 2.24) is 29.5 Å². The van der Waals surface area contributed by atoms with Crippen molar-refractivity contribution >= 4 is 17.3 Å². The highest BCUT2D eigenvalue weighted by Gasteiger charge is 2.34. The third-order valence-corrected chi connectivity index (χ3v) is 7.36. The van der Waals surface area contributed by atoms with Crippen LogP contribution in [0.1, 0.15) is 15.9 Å². The van der Waals surface area contributed by atoms with Gasteiger partial charge < -0.3 is 20.5 Å². The van der Waals surface area contributed by atoms with Gasteiger partial charge in [0.15, 0.2) is 0 Å². The van der Waals surface area contributed by atoms with E-state index in [1.165, 1.54) is 18.2 Å². The summed E-state index contributed by atoms with van der Waals surface area (Å²) in [7, 11) is 3.67. The largest absolute Gasteiger partial charge is 0.457 e. The molecule has 7 aromatic rings. The summed E-state index contributed by atoms with van der Waals surface area (Å²) in [5.41, 5.74) is 8.51. The van der Waals surface area contributed by atoms with Gasteiger partial charge in [-0.1, -0.05) is 24.3 Å². The Balaban J connectivity index is 0.000000198. The topological polar surface area (TPSA) is 135 Å². The number of nitrogen functional groups attached to an aromatic ring is 1. The summed E-state index contributed by atoms with van der Waals surface area (Å²) >= 11 is 0. The lowest BCUT2D eigenvalue weighted by molar-refractivity contribution is -0.137. The fraction of sp³-hybridized carbons (Fsp3) is 0.0789. The van der Waals surface area contributed by atoms with Crippen LogP contribution in [0, 0.1) is 0 Å². The van der Waals surface area contributed by atoms with Gasteiger partial charge in [-0.3, -0.25) is 24.1 Å². The number of anilines is 2. The van der Waals surface area contributed by atoms with Crippen molar-refractivity contribution in [2.75, 3.05) is 11.1 Å². The molecular weight excluding hydrogens is 673 g/mol. The van der Waals surface area contributed by atoms with Crippen LogP contribution in [0.2, 0.25) is 0 Å². The number of nitrogens with two attached hydrogens (primary N) is 1. The number of nitrogens with zero attached hydrogens (tertiary/aromatic N) is 6. The predicted octanol–water partition coefficient (Wildman–Crippen LogP) is 8.40. The minimum Gasteiger partial charge on any atom is -0.457 e. The third-order valence-electron chi connectivity index (χ3n) is 7.36. The molecule has 7 rings (SSSR count). The molecule has 52 heavy (non-hydrogen) atoms. The maximum Gasteiger partial charge on any atom is 0.417 e.